The number of nitrogens with zero attached hydrogens (tertiary/aromatic N) is 2. The predicted octanol–water partition coefficient (Wildman–Crippen LogP) is 6.10. The van der Waals surface area contributed by atoms with Crippen molar-refractivity contribution < 1.29 is 14.5 Å². The topological polar surface area (TPSA) is 105 Å². The summed E-state index contributed by atoms with van der Waals surface area (Å²) in [7, 11) is 0. The van der Waals surface area contributed by atoms with Crippen LogP contribution in [0.25, 0.3) is 0 Å². The van der Waals surface area contributed by atoms with E-state index < -0.39 is 10.8 Å². The Kier molecular flexibility index (Phi) is 8.63. The highest BCUT2D eigenvalue weighted by Crippen LogP contribution is 2.31. The molecule has 1 aliphatic heterocycles. The van der Waals surface area contributed by atoms with E-state index in [1.165, 1.54) is 17.7 Å². The molecule has 2 amide bonds. The summed E-state index contributed by atoms with van der Waals surface area (Å²) in [6.45, 7) is 5.45. The van der Waals surface area contributed by atoms with Crippen LogP contribution >= 0.6 is 11.6 Å². The van der Waals surface area contributed by atoms with Gasteiger partial charge in [-0.3, -0.25) is 19.7 Å². The second-order valence-corrected chi connectivity index (χ2v) is 10.3. The Hall–Kier alpha value is -3.91. The van der Waals surface area contributed by atoms with Gasteiger partial charge in [0, 0.05) is 42.1 Å². The van der Waals surface area contributed by atoms with Crippen molar-refractivity contribution in [3.8, 4) is 0 Å². The third-order valence-electron chi connectivity index (χ3n) is 6.65. The summed E-state index contributed by atoms with van der Waals surface area (Å²) < 4.78 is 0. The Labute approximate surface area is 227 Å². The number of piperidine rings is 1. The van der Waals surface area contributed by atoms with E-state index in [4.69, 9.17) is 11.6 Å². The first-order valence-electron chi connectivity index (χ1n) is 12.7. The maximum absolute atomic E-state index is 13.1. The molecular weight excluding hydrogens is 504 g/mol. The minimum absolute atomic E-state index is 0.0453. The van der Waals surface area contributed by atoms with Crippen molar-refractivity contribution in [1.29, 1.82) is 0 Å². The lowest BCUT2D eigenvalue weighted by atomic mass is 9.89. The first-order valence-corrected chi connectivity index (χ1v) is 13.1. The lowest BCUT2D eigenvalue weighted by molar-refractivity contribution is -0.384. The molecule has 1 saturated heterocycles. The van der Waals surface area contributed by atoms with Crippen LogP contribution < -0.4 is 15.5 Å². The highest BCUT2D eigenvalue weighted by atomic mass is 35.5. The van der Waals surface area contributed by atoms with Crippen LogP contribution in [-0.4, -0.2) is 35.9 Å². The molecule has 1 fully saturated rings. The molecule has 9 heteroatoms. The van der Waals surface area contributed by atoms with Gasteiger partial charge in [0.15, 0.2) is 0 Å². The van der Waals surface area contributed by atoms with Crippen molar-refractivity contribution in [2.45, 2.75) is 39.2 Å². The van der Waals surface area contributed by atoms with E-state index in [1.807, 2.05) is 26.0 Å². The molecule has 2 N–H and O–H groups in total. The number of hydrogen-bond acceptors (Lipinski definition) is 5. The maximum atomic E-state index is 13.1. The Morgan fingerprint density at radius 2 is 1.74 bits per heavy atom. The van der Waals surface area contributed by atoms with Gasteiger partial charge in [-0.1, -0.05) is 41.9 Å². The molecule has 0 atom stereocenters. The number of benzene rings is 3. The van der Waals surface area contributed by atoms with Crippen LogP contribution in [0, 0.1) is 16.0 Å². The van der Waals surface area contributed by atoms with Gasteiger partial charge in [-0.25, -0.2) is 0 Å². The number of halogens is 1. The molecule has 8 nitrogen and oxygen atoms in total. The Balaban J connectivity index is 1.52. The molecule has 3 aromatic rings. The molecule has 198 valence electrons. The summed E-state index contributed by atoms with van der Waals surface area (Å²) in [6, 6.07) is 19.6. The Morgan fingerprint density at radius 3 is 2.39 bits per heavy atom. The summed E-state index contributed by atoms with van der Waals surface area (Å²) in [5, 5.41) is 16.9. The van der Waals surface area contributed by atoms with Crippen molar-refractivity contribution in [2.24, 2.45) is 5.92 Å². The number of hydrogen-bond donors (Lipinski definition) is 2. The van der Waals surface area contributed by atoms with E-state index in [0.717, 1.165) is 44.1 Å². The molecule has 1 aliphatic rings. The fourth-order valence-corrected chi connectivity index (χ4v) is 4.92. The van der Waals surface area contributed by atoms with Crippen molar-refractivity contribution in [2.75, 3.05) is 23.3 Å². The van der Waals surface area contributed by atoms with Crippen molar-refractivity contribution in [1.82, 2.24) is 5.32 Å². The third kappa shape index (κ3) is 6.69. The quantitative estimate of drug-likeness (QED) is 0.268. The van der Waals surface area contributed by atoms with Crippen LogP contribution in [0.15, 0.2) is 66.7 Å². The zero-order valence-electron chi connectivity index (χ0n) is 21.4. The molecule has 1 heterocycles. The van der Waals surface area contributed by atoms with Gasteiger partial charge < -0.3 is 15.5 Å². The van der Waals surface area contributed by atoms with Crippen LogP contribution in [0.2, 0.25) is 5.02 Å². The first-order chi connectivity index (χ1) is 18.2. The van der Waals surface area contributed by atoms with Gasteiger partial charge in [0.05, 0.1) is 10.5 Å². The van der Waals surface area contributed by atoms with Crippen LogP contribution in [-0.2, 0) is 6.42 Å². The number of nitro benzene ring substituents is 1. The summed E-state index contributed by atoms with van der Waals surface area (Å²) >= 11 is 5.87. The molecule has 0 aromatic heterocycles. The standard InChI is InChI=1S/C29H31ClN4O4/c1-19(2)31-29(36)24-18-23(32-28(35)22-8-10-25(30)27(17-22)34(37)38)9-11-26(24)33-14-12-21(13-15-33)16-20-6-4-3-5-7-20/h3-11,17-19,21H,12-16H2,1-2H3,(H,31,36)(H,32,35). The second kappa shape index (κ2) is 12.1. The first kappa shape index (κ1) is 27.1. The summed E-state index contributed by atoms with van der Waals surface area (Å²) in [5.41, 5.74) is 2.81. The molecular formula is C29H31ClN4O4. The van der Waals surface area contributed by atoms with Crippen LogP contribution in [0.3, 0.4) is 0 Å². The van der Waals surface area contributed by atoms with E-state index in [-0.39, 0.29) is 28.2 Å². The van der Waals surface area contributed by atoms with E-state index >= 15 is 0 Å². The Morgan fingerprint density at radius 1 is 1.03 bits per heavy atom. The van der Waals surface area contributed by atoms with Gasteiger partial charge in [-0.2, -0.15) is 0 Å². The van der Waals surface area contributed by atoms with Crippen molar-refractivity contribution in [3.05, 3.63) is 98.6 Å². The summed E-state index contributed by atoms with van der Waals surface area (Å²) in [6.07, 6.45) is 3.09. The molecule has 3 aromatic carbocycles. The normalized spacial score (nSPS) is 13.8. The average molecular weight is 535 g/mol. The number of amides is 2. The van der Waals surface area contributed by atoms with E-state index in [0.29, 0.717) is 17.2 Å². The fourth-order valence-electron chi connectivity index (χ4n) is 4.73. The van der Waals surface area contributed by atoms with Crippen LogP contribution in [0.4, 0.5) is 17.1 Å². The summed E-state index contributed by atoms with van der Waals surface area (Å²) in [5.74, 6) is -0.169. The molecule has 0 unspecified atom stereocenters. The van der Waals surface area contributed by atoms with Crippen molar-refractivity contribution >= 4 is 40.5 Å². The fraction of sp³-hybridized carbons (Fsp3) is 0.310. The zero-order valence-corrected chi connectivity index (χ0v) is 22.2. The van der Waals surface area contributed by atoms with Gasteiger partial charge in [-0.15, -0.1) is 0 Å². The van der Waals surface area contributed by atoms with Gasteiger partial charge in [0.2, 0.25) is 0 Å². The minimum Gasteiger partial charge on any atom is -0.371 e. The molecule has 4 rings (SSSR count). The molecule has 0 spiro atoms. The van der Waals surface area contributed by atoms with Gasteiger partial charge in [0.25, 0.3) is 17.5 Å². The number of carbonyl (C=O) groups excluding carboxylic acids is 2. The van der Waals surface area contributed by atoms with Gasteiger partial charge >= 0.3 is 0 Å². The van der Waals surface area contributed by atoms with E-state index in [9.17, 15) is 19.7 Å². The molecule has 38 heavy (non-hydrogen) atoms. The van der Waals surface area contributed by atoms with E-state index in [1.54, 1.807) is 12.1 Å². The molecule has 0 aliphatic carbocycles. The minimum atomic E-state index is -0.634. The number of rotatable bonds is 8. The lowest BCUT2D eigenvalue weighted by Gasteiger charge is -2.35. The smallest absolute Gasteiger partial charge is 0.288 e. The van der Waals surface area contributed by atoms with Gasteiger partial charge in [-0.05, 0) is 74.9 Å². The summed E-state index contributed by atoms with van der Waals surface area (Å²) in [4.78, 5) is 38.8. The predicted molar refractivity (Wildman–Crippen MR) is 150 cm³/mol. The molecule has 0 bridgehead atoms. The van der Waals surface area contributed by atoms with Gasteiger partial charge in [0.1, 0.15) is 5.02 Å². The molecule has 0 radical (unpaired) electrons. The Bertz CT molecular complexity index is 1320. The SMILES string of the molecule is CC(C)NC(=O)c1cc(NC(=O)c2ccc(Cl)c([N+](=O)[O-])c2)ccc1N1CCC(Cc2ccccc2)CC1. The second-order valence-electron chi connectivity index (χ2n) is 9.86. The van der Waals surface area contributed by atoms with E-state index in [2.05, 4.69) is 39.8 Å². The monoisotopic (exact) mass is 534 g/mol. The van der Waals surface area contributed by atoms with Crippen LogP contribution in [0.5, 0.6) is 0 Å². The van der Waals surface area contributed by atoms with Crippen LogP contribution in [0.1, 0.15) is 53.0 Å². The zero-order chi connectivity index (χ0) is 27.2. The highest BCUT2D eigenvalue weighted by molar-refractivity contribution is 6.32. The number of anilines is 2. The lowest BCUT2D eigenvalue weighted by Crippen LogP contribution is -2.37. The number of nitro groups is 1. The average Bonchev–Trinajstić information content (AvgIpc) is 2.89. The highest BCUT2D eigenvalue weighted by Gasteiger charge is 2.24. The number of nitrogens with one attached hydrogen (secondary N) is 2. The van der Waals surface area contributed by atoms with Crippen molar-refractivity contribution in [3.63, 3.8) is 0 Å². The number of carbonyl (C=O) groups is 2. The maximum Gasteiger partial charge on any atom is 0.288 e. The largest absolute Gasteiger partial charge is 0.371 e. The molecule has 0 saturated carbocycles. The third-order valence-corrected chi connectivity index (χ3v) is 6.97.